The predicted molar refractivity (Wildman–Crippen MR) is 55.7 cm³/mol. The Morgan fingerprint density at radius 1 is 1.75 bits per heavy atom. The SMILES string of the molecule is CCN1C(=O)OCC1[C@@H](O)c1cncn1C. The van der Waals surface area contributed by atoms with Crippen LogP contribution < -0.4 is 0 Å². The number of hydrogen-bond acceptors (Lipinski definition) is 4. The molecule has 2 atom stereocenters. The van der Waals surface area contributed by atoms with Gasteiger partial charge in [0.05, 0.1) is 18.2 Å². The van der Waals surface area contributed by atoms with E-state index in [1.165, 1.54) is 4.90 Å². The summed E-state index contributed by atoms with van der Waals surface area (Å²) >= 11 is 0. The van der Waals surface area contributed by atoms with E-state index in [0.29, 0.717) is 12.2 Å². The van der Waals surface area contributed by atoms with E-state index in [4.69, 9.17) is 4.74 Å². The second-order valence-electron chi connectivity index (χ2n) is 3.80. The van der Waals surface area contributed by atoms with Gasteiger partial charge in [-0.25, -0.2) is 9.78 Å². The number of carbonyl (C=O) groups is 1. The maximum Gasteiger partial charge on any atom is 0.410 e. The average Bonchev–Trinajstić information content (AvgIpc) is 2.83. The van der Waals surface area contributed by atoms with Gasteiger partial charge in [-0.15, -0.1) is 0 Å². The molecule has 0 saturated carbocycles. The summed E-state index contributed by atoms with van der Waals surface area (Å²) in [6.45, 7) is 2.60. The zero-order valence-corrected chi connectivity index (χ0v) is 9.33. The number of aryl methyl sites for hydroxylation is 1. The molecule has 2 heterocycles. The van der Waals surface area contributed by atoms with Gasteiger partial charge >= 0.3 is 6.09 Å². The first-order valence-corrected chi connectivity index (χ1v) is 5.22. The second-order valence-corrected chi connectivity index (χ2v) is 3.80. The smallest absolute Gasteiger partial charge is 0.410 e. The number of aliphatic hydroxyl groups is 1. The minimum atomic E-state index is -0.765. The fraction of sp³-hybridized carbons (Fsp3) is 0.600. The van der Waals surface area contributed by atoms with Gasteiger partial charge in [-0.1, -0.05) is 0 Å². The van der Waals surface area contributed by atoms with Gasteiger partial charge in [0.15, 0.2) is 0 Å². The summed E-state index contributed by atoms with van der Waals surface area (Å²) in [6, 6.07) is -0.326. The number of rotatable bonds is 3. The molecule has 1 aliphatic heterocycles. The molecule has 0 radical (unpaired) electrons. The lowest BCUT2D eigenvalue weighted by Crippen LogP contribution is -2.38. The first kappa shape index (κ1) is 10.9. The first-order valence-electron chi connectivity index (χ1n) is 5.22. The maximum absolute atomic E-state index is 11.3. The first-order chi connectivity index (χ1) is 7.65. The van der Waals surface area contributed by atoms with E-state index in [0.717, 1.165) is 0 Å². The molecule has 1 saturated heterocycles. The Labute approximate surface area is 93.4 Å². The van der Waals surface area contributed by atoms with E-state index in [-0.39, 0.29) is 18.7 Å². The van der Waals surface area contributed by atoms with Crippen molar-refractivity contribution in [3.63, 3.8) is 0 Å². The van der Waals surface area contributed by atoms with Crippen LogP contribution in [0.5, 0.6) is 0 Å². The van der Waals surface area contributed by atoms with Crippen LogP contribution in [0.25, 0.3) is 0 Å². The number of nitrogens with zero attached hydrogens (tertiary/aromatic N) is 3. The van der Waals surface area contributed by atoms with E-state index < -0.39 is 6.10 Å². The number of likely N-dealkylation sites (N-methyl/N-ethyl adjacent to an activating group) is 1. The summed E-state index contributed by atoms with van der Waals surface area (Å²) in [5.74, 6) is 0. The Kier molecular flexibility index (Phi) is 2.82. The molecule has 0 bridgehead atoms. The molecule has 2 rings (SSSR count). The summed E-state index contributed by atoms with van der Waals surface area (Å²) in [4.78, 5) is 16.8. The van der Waals surface area contributed by atoms with Crippen LogP contribution in [-0.2, 0) is 11.8 Å². The lowest BCUT2D eigenvalue weighted by Gasteiger charge is -2.24. The van der Waals surface area contributed by atoms with Crippen LogP contribution in [0.1, 0.15) is 18.7 Å². The van der Waals surface area contributed by atoms with Crippen LogP contribution >= 0.6 is 0 Å². The molecule has 1 aromatic rings. The fourth-order valence-corrected chi connectivity index (χ4v) is 1.94. The summed E-state index contributed by atoms with van der Waals surface area (Å²) < 4.78 is 6.66. The van der Waals surface area contributed by atoms with Crippen molar-refractivity contribution in [2.24, 2.45) is 7.05 Å². The summed E-state index contributed by atoms with van der Waals surface area (Å²) in [5, 5.41) is 10.2. The Morgan fingerprint density at radius 2 is 2.50 bits per heavy atom. The van der Waals surface area contributed by atoms with Crippen molar-refractivity contribution in [3.05, 3.63) is 18.2 Å². The highest BCUT2D eigenvalue weighted by Gasteiger charge is 2.38. The number of carbonyl (C=O) groups excluding carboxylic acids is 1. The summed E-state index contributed by atoms with van der Waals surface area (Å²) in [5.41, 5.74) is 0.682. The van der Waals surface area contributed by atoms with Gasteiger partial charge in [0.1, 0.15) is 18.8 Å². The third-order valence-electron chi connectivity index (χ3n) is 2.87. The Morgan fingerprint density at radius 3 is 3.06 bits per heavy atom. The number of aromatic nitrogens is 2. The van der Waals surface area contributed by atoms with Crippen molar-refractivity contribution in [2.45, 2.75) is 19.1 Å². The third kappa shape index (κ3) is 1.65. The van der Waals surface area contributed by atoms with E-state index >= 15 is 0 Å². The van der Waals surface area contributed by atoms with Crippen LogP contribution in [0.2, 0.25) is 0 Å². The van der Waals surface area contributed by atoms with Crippen molar-refractivity contribution in [1.82, 2.24) is 14.5 Å². The Hall–Kier alpha value is -1.56. The molecule has 1 amide bonds. The fourth-order valence-electron chi connectivity index (χ4n) is 1.94. The molecule has 16 heavy (non-hydrogen) atoms. The Bertz CT molecular complexity index is 390. The van der Waals surface area contributed by atoms with Gasteiger partial charge in [-0.2, -0.15) is 0 Å². The monoisotopic (exact) mass is 225 g/mol. The standard InChI is InChI=1S/C10H15N3O3/c1-3-13-8(5-16-10(13)15)9(14)7-4-11-6-12(7)2/h4,6,8-9,14H,3,5H2,1-2H3/t8?,9-/m0/s1. The van der Waals surface area contributed by atoms with E-state index in [1.807, 2.05) is 6.92 Å². The van der Waals surface area contributed by atoms with Crippen LogP contribution in [0.4, 0.5) is 4.79 Å². The summed E-state index contributed by atoms with van der Waals surface area (Å²) in [7, 11) is 1.81. The van der Waals surface area contributed by atoms with Crippen LogP contribution in [0.3, 0.4) is 0 Å². The zero-order valence-electron chi connectivity index (χ0n) is 9.33. The molecule has 6 nitrogen and oxygen atoms in total. The molecular weight excluding hydrogens is 210 g/mol. The quantitative estimate of drug-likeness (QED) is 0.803. The molecular formula is C10H15N3O3. The lowest BCUT2D eigenvalue weighted by molar-refractivity contribution is 0.0824. The normalized spacial score (nSPS) is 22.3. The maximum atomic E-state index is 11.3. The van der Waals surface area contributed by atoms with E-state index in [9.17, 15) is 9.90 Å². The topological polar surface area (TPSA) is 67.6 Å². The second kappa shape index (κ2) is 4.13. The molecule has 88 valence electrons. The molecule has 1 aliphatic rings. The molecule has 1 fully saturated rings. The zero-order chi connectivity index (χ0) is 11.7. The largest absolute Gasteiger partial charge is 0.447 e. The minimum absolute atomic E-state index is 0.221. The van der Waals surface area contributed by atoms with Crippen LogP contribution in [0.15, 0.2) is 12.5 Å². The van der Waals surface area contributed by atoms with Crippen molar-refractivity contribution < 1.29 is 14.6 Å². The van der Waals surface area contributed by atoms with Gasteiger partial charge in [0.25, 0.3) is 0 Å². The number of aliphatic hydroxyl groups excluding tert-OH is 1. The molecule has 0 spiro atoms. The highest BCUT2D eigenvalue weighted by molar-refractivity contribution is 5.70. The van der Waals surface area contributed by atoms with Crippen molar-refractivity contribution >= 4 is 6.09 Å². The molecule has 1 unspecified atom stereocenters. The predicted octanol–water partition coefficient (Wildman–Crippen LogP) is 0.294. The number of ether oxygens (including phenoxy) is 1. The van der Waals surface area contributed by atoms with Crippen molar-refractivity contribution in [1.29, 1.82) is 0 Å². The van der Waals surface area contributed by atoms with Crippen LogP contribution in [0, 0.1) is 0 Å². The van der Waals surface area contributed by atoms with Gasteiger partial charge in [0, 0.05) is 13.6 Å². The average molecular weight is 225 g/mol. The number of cyclic esters (lactones) is 1. The summed E-state index contributed by atoms with van der Waals surface area (Å²) in [6.07, 6.45) is 2.08. The molecule has 1 aromatic heterocycles. The number of imidazole rings is 1. The van der Waals surface area contributed by atoms with Gasteiger partial charge in [-0.3, -0.25) is 4.90 Å². The minimum Gasteiger partial charge on any atom is -0.447 e. The molecule has 0 aromatic carbocycles. The van der Waals surface area contributed by atoms with E-state index in [1.54, 1.807) is 24.1 Å². The number of amides is 1. The molecule has 0 aliphatic carbocycles. The Balaban J connectivity index is 2.19. The van der Waals surface area contributed by atoms with E-state index in [2.05, 4.69) is 4.98 Å². The van der Waals surface area contributed by atoms with Gasteiger partial charge < -0.3 is 14.4 Å². The van der Waals surface area contributed by atoms with Gasteiger partial charge in [0.2, 0.25) is 0 Å². The van der Waals surface area contributed by atoms with Gasteiger partial charge in [-0.05, 0) is 6.92 Å². The molecule has 1 N–H and O–H groups in total. The third-order valence-corrected chi connectivity index (χ3v) is 2.87. The van der Waals surface area contributed by atoms with Crippen molar-refractivity contribution in [3.8, 4) is 0 Å². The highest BCUT2D eigenvalue weighted by Crippen LogP contribution is 2.25. The highest BCUT2D eigenvalue weighted by atomic mass is 16.6. The van der Waals surface area contributed by atoms with Crippen LogP contribution in [-0.4, -0.2) is 44.8 Å². The lowest BCUT2D eigenvalue weighted by atomic mass is 10.1. The van der Waals surface area contributed by atoms with Crippen molar-refractivity contribution in [2.75, 3.05) is 13.2 Å². The molecule has 6 heteroatoms. The number of hydrogen-bond donors (Lipinski definition) is 1.